The van der Waals surface area contributed by atoms with Crippen LogP contribution in [0.15, 0.2) is 24.4 Å². The number of ether oxygens (including phenoxy) is 1. The van der Waals surface area contributed by atoms with Crippen molar-refractivity contribution in [2.45, 2.75) is 32.2 Å². The molecule has 2 aromatic rings. The third kappa shape index (κ3) is 3.53. The van der Waals surface area contributed by atoms with E-state index in [1.807, 2.05) is 18.2 Å². The van der Waals surface area contributed by atoms with Crippen LogP contribution in [-0.4, -0.2) is 41.2 Å². The number of H-pyrrole nitrogens is 1. The molecule has 0 radical (unpaired) electrons. The molecule has 124 valence electrons. The van der Waals surface area contributed by atoms with Crippen LogP contribution in [0.4, 0.5) is 0 Å². The molecular weight excluding hydrogens is 296 g/mol. The number of carboxylic acid groups (broad SMARTS) is 1. The zero-order chi connectivity index (χ0) is 17.0. The Morgan fingerprint density at radius 1 is 1.35 bits per heavy atom. The summed E-state index contributed by atoms with van der Waals surface area (Å²) in [4.78, 5) is 26.8. The lowest BCUT2D eigenvalue weighted by molar-refractivity contribution is -0.149. The number of carbonyl (C=O) groups excluding carboxylic acids is 1. The Balaban J connectivity index is 2.19. The van der Waals surface area contributed by atoms with Crippen molar-refractivity contribution in [1.29, 1.82) is 0 Å². The van der Waals surface area contributed by atoms with Crippen LogP contribution in [0.25, 0.3) is 10.9 Å². The number of carboxylic acids is 1. The first-order chi connectivity index (χ1) is 10.9. The molecule has 1 atom stereocenters. The van der Waals surface area contributed by atoms with Crippen molar-refractivity contribution in [2.24, 2.45) is 0 Å². The number of rotatable bonds is 7. The quantitative estimate of drug-likeness (QED) is 0.727. The molecule has 0 saturated heterocycles. The molecule has 1 amide bonds. The zero-order valence-electron chi connectivity index (χ0n) is 13.6. The summed E-state index contributed by atoms with van der Waals surface area (Å²) in [5.41, 5.74) is 1.62. The van der Waals surface area contributed by atoms with Gasteiger partial charge in [-0.25, -0.2) is 4.79 Å². The maximum atomic E-state index is 12.3. The van der Waals surface area contributed by atoms with E-state index in [1.165, 1.54) is 19.6 Å². The summed E-state index contributed by atoms with van der Waals surface area (Å²) < 4.78 is 4.90. The molecule has 1 aromatic heterocycles. The number of benzene rings is 1. The van der Waals surface area contributed by atoms with Crippen LogP contribution < -0.4 is 5.32 Å². The lowest BCUT2D eigenvalue weighted by Crippen LogP contribution is -2.55. The smallest absolute Gasteiger partial charge is 0.331 e. The van der Waals surface area contributed by atoms with Gasteiger partial charge >= 0.3 is 5.97 Å². The topological polar surface area (TPSA) is 91.4 Å². The largest absolute Gasteiger partial charge is 0.479 e. The highest BCUT2D eigenvalue weighted by Crippen LogP contribution is 2.22. The molecule has 0 fully saturated rings. The molecule has 1 unspecified atom stereocenters. The number of carbonyl (C=O) groups is 2. The summed E-state index contributed by atoms with van der Waals surface area (Å²) in [6.07, 6.45) is 2.81. The summed E-state index contributed by atoms with van der Waals surface area (Å²) >= 11 is 0. The van der Waals surface area contributed by atoms with Crippen LogP contribution in [0.3, 0.4) is 0 Å². The van der Waals surface area contributed by atoms with Gasteiger partial charge in [-0.1, -0.05) is 25.1 Å². The molecule has 6 nitrogen and oxygen atoms in total. The second-order valence-electron chi connectivity index (χ2n) is 5.80. The van der Waals surface area contributed by atoms with Gasteiger partial charge in [0.1, 0.15) is 0 Å². The fourth-order valence-corrected chi connectivity index (χ4v) is 2.68. The van der Waals surface area contributed by atoms with Gasteiger partial charge in [0.25, 0.3) is 0 Å². The van der Waals surface area contributed by atoms with Crippen molar-refractivity contribution in [3.63, 3.8) is 0 Å². The highest BCUT2D eigenvalue weighted by molar-refractivity contribution is 5.92. The Labute approximate surface area is 134 Å². The highest BCUT2D eigenvalue weighted by Gasteiger charge is 2.35. The maximum Gasteiger partial charge on any atom is 0.331 e. The minimum atomic E-state index is -1.44. The molecule has 1 heterocycles. The number of aryl methyl sites for hydroxylation is 1. The Morgan fingerprint density at radius 2 is 2.09 bits per heavy atom. The first-order valence-corrected chi connectivity index (χ1v) is 7.52. The molecule has 0 aliphatic carbocycles. The second-order valence-corrected chi connectivity index (χ2v) is 5.80. The van der Waals surface area contributed by atoms with Crippen molar-refractivity contribution in [2.75, 3.05) is 13.7 Å². The van der Waals surface area contributed by atoms with Gasteiger partial charge in [0, 0.05) is 24.2 Å². The minimum absolute atomic E-state index is 0.0953. The van der Waals surface area contributed by atoms with E-state index in [0.29, 0.717) is 0 Å². The van der Waals surface area contributed by atoms with Gasteiger partial charge in [0.05, 0.1) is 13.0 Å². The number of aliphatic carboxylic acids is 1. The molecular formula is C17H22N2O4. The van der Waals surface area contributed by atoms with Gasteiger partial charge in [0.2, 0.25) is 5.91 Å². The summed E-state index contributed by atoms with van der Waals surface area (Å²) in [7, 11) is 1.40. The van der Waals surface area contributed by atoms with Gasteiger partial charge in [-0.3, -0.25) is 4.79 Å². The van der Waals surface area contributed by atoms with Crippen molar-refractivity contribution < 1.29 is 19.4 Å². The van der Waals surface area contributed by atoms with Crippen LogP contribution in [0, 0.1) is 0 Å². The summed E-state index contributed by atoms with van der Waals surface area (Å²) in [5.74, 6) is -1.48. The molecule has 0 aliphatic heterocycles. The van der Waals surface area contributed by atoms with Gasteiger partial charge < -0.3 is 20.1 Å². The van der Waals surface area contributed by atoms with Crippen molar-refractivity contribution in [3.05, 3.63) is 35.5 Å². The first-order valence-electron chi connectivity index (χ1n) is 7.52. The predicted molar refractivity (Wildman–Crippen MR) is 87.4 cm³/mol. The fourth-order valence-electron chi connectivity index (χ4n) is 2.68. The van der Waals surface area contributed by atoms with E-state index in [2.05, 4.69) is 17.2 Å². The lowest BCUT2D eigenvalue weighted by atomic mass is 10.0. The number of para-hydroxylation sites is 1. The third-order valence-corrected chi connectivity index (χ3v) is 3.94. The van der Waals surface area contributed by atoms with E-state index in [4.69, 9.17) is 4.74 Å². The fraction of sp³-hybridized carbons (Fsp3) is 0.412. The standard InChI is InChI=1S/C17H22N2O4/c1-4-11-6-5-7-13-12(9-18-15(11)13)8-14(20)19-17(2,10-23-3)16(21)22/h5-7,9,18H,4,8,10H2,1-3H3,(H,19,20)(H,21,22). The van der Waals surface area contributed by atoms with Crippen molar-refractivity contribution >= 4 is 22.8 Å². The maximum absolute atomic E-state index is 12.3. The van der Waals surface area contributed by atoms with Gasteiger partial charge in [-0.05, 0) is 24.5 Å². The number of nitrogens with one attached hydrogen (secondary N) is 2. The van der Waals surface area contributed by atoms with Crippen LogP contribution in [0.5, 0.6) is 0 Å². The van der Waals surface area contributed by atoms with E-state index in [9.17, 15) is 14.7 Å². The second kappa shape index (κ2) is 6.83. The minimum Gasteiger partial charge on any atom is -0.479 e. The van der Waals surface area contributed by atoms with Crippen LogP contribution >= 0.6 is 0 Å². The molecule has 3 N–H and O–H groups in total. The predicted octanol–water partition coefficient (Wildman–Crippen LogP) is 1.88. The molecule has 0 saturated carbocycles. The van der Waals surface area contributed by atoms with E-state index >= 15 is 0 Å². The number of amides is 1. The summed E-state index contributed by atoms with van der Waals surface area (Å²) in [5, 5.41) is 12.8. The average molecular weight is 318 g/mol. The van der Waals surface area contributed by atoms with Crippen LogP contribution in [-0.2, 0) is 27.2 Å². The normalized spacial score (nSPS) is 13.7. The Hall–Kier alpha value is -2.34. The lowest BCUT2D eigenvalue weighted by Gasteiger charge is -2.25. The van der Waals surface area contributed by atoms with Crippen LogP contribution in [0.1, 0.15) is 25.0 Å². The molecule has 23 heavy (non-hydrogen) atoms. The van der Waals surface area contributed by atoms with Crippen LogP contribution in [0.2, 0.25) is 0 Å². The number of aromatic amines is 1. The molecule has 2 rings (SSSR count). The monoisotopic (exact) mass is 318 g/mol. The highest BCUT2D eigenvalue weighted by atomic mass is 16.5. The molecule has 0 spiro atoms. The van der Waals surface area contributed by atoms with E-state index in [1.54, 1.807) is 6.20 Å². The Morgan fingerprint density at radius 3 is 2.70 bits per heavy atom. The number of fused-ring (bicyclic) bond motifs is 1. The van der Waals surface area contributed by atoms with Gasteiger partial charge in [-0.2, -0.15) is 0 Å². The Kier molecular flexibility index (Phi) is 5.05. The number of aromatic nitrogens is 1. The van der Waals surface area contributed by atoms with E-state index in [0.717, 1.165) is 22.9 Å². The van der Waals surface area contributed by atoms with E-state index in [-0.39, 0.29) is 18.9 Å². The summed E-state index contributed by atoms with van der Waals surface area (Å²) in [6.45, 7) is 3.41. The van der Waals surface area contributed by atoms with Crippen molar-refractivity contribution in [3.8, 4) is 0 Å². The molecule has 0 bridgehead atoms. The Bertz CT molecular complexity index is 722. The number of hydrogen-bond donors (Lipinski definition) is 3. The number of methoxy groups -OCH3 is 1. The first kappa shape index (κ1) is 17.0. The van der Waals surface area contributed by atoms with Gasteiger partial charge in [0.15, 0.2) is 5.54 Å². The molecule has 6 heteroatoms. The van der Waals surface area contributed by atoms with Gasteiger partial charge in [-0.15, -0.1) is 0 Å². The third-order valence-electron chi connectivity index (χ3n) is 3.94. The summed E-state index contributed by atoms with van der Waals surface area (Å²) in [6, 6.07) is 5.96. The van der Waals surface area contributed by atoms with E-state index < -0.39 is 11.5 Å². The van der Waals surface area contributed by atoms with Crippen molar-refractivity contribution in [1.82, 2.24) is 10.3 Å². The zero-order valence-corrected chi connectivity index (χ0v) is 13.6. The molecule has 0 aliphatic rings. The SMILES string of the molecule is CCc1cccc2c(CC(=O)NC(C)(COC)C(=O)O)c[nH]c12. The average Bonchev–Trinajstić information content (AvgIpc) is 2.90. The number of hydrogen-bond acceptors (Lipinski definition) is 3. The molecule has 1 aromatic carbocycles.